The van der Waals surface area contributed by atoms with E-state index < -0.39 is 0 Å². The van der Waals surface area contributed by atoms with Gasteiger partial charge in [0.05, 0.1) is 12.7 Å². The number of hydrogen-bond acceptors (Lipinski definition) is 3. The average Bonchev–Trinajstić information content (AvgIpc) is 1.90. The molecule has 0 aromatic heterocycles. The minimum Gasteiger partial charge on any atom is -0.391 e. The number of ether oxygens (including phenoxy) is 2. The van der Waals surface area contributed by atoms with E-state index in [-0.39, 0.29) is 12.4 Å². The molecule has 1 N–H and O–H groups in total. The lowest BCUT2D eigenvalue weighted by Crippen LogP contribution is -2.30. The second-order valence-electron chi connectivity index (χ2n) is 2.23. The molecule has 1 heterocycles. The van der Waals surface area contributed by atoms with Crippen molar-refractivity contribution in [1.82, 2.24) is 0 Å². The highest BCUT2D eigenvalue weighted by atomic mass is 16.7. The normalized spacial score (nSPS) is 36.7. The topological polar surface area (TPSA) is 38.7 Å². The van der Waals surface area contributed by atoms with E-state index in [1.54, 1.807) is 7.11 Å². The first-order valence-electron chi connectivity index (χ1n) is 3.15. The highest BCUT2D eigenvalue weighted by molar-refractivity contribution is 4.62. The van der Waals surface area contributed by atoms with E-state index in [1.165, 1.54) is 0 Å². The number of rotatable bonds is 1. The van der Waals surface area contributed by atoms with Gasteiger partial charge >= 0.3 is 0 Å². The number of aliphatic hydroxyl groups is 1. The van der Waals surface area contributed by atoms with Crippen LogP contribution >= 0.6 is 0 Å². The predicted molar refractivity (Wildman–Crippen MR) is 32.0 cm³/mol. The van der Waals surface area contributed by atoms with Crippen LogP contribution in [0.5, 0.6) is 0 Å². The van der Waals surface area contributed by atoms with Gasteiger partial charge in [-0.3, -0.25) is 0 Å². The Balaban J connectivity index is 2.18. The summed E-state index contributed by atoms with van der Waals surface area (Å²) in [5.74, 6) is 0. The van der Waals surface area contributed by atoms with Crippen molar-refractivity contribution in [1.29, 1.82) is 0 Å². The molecule has 9 heavy (non-hydrogen) atoms. The molecule has 0 aliphatic carbocycles. The summed E-state index contributed by atoms with van der Waals surface area (Å²) in [5, 5.41) is 8.94. The van der Waals surface area contributed by atoms with Gasteiger partial charge in [-0.2, -0.15) is 0 Å². The van der Waals surface area contributed by atoms with Crippen LogP contribution in [0.2, 0.25) is 0 Å². The van der Waals surface area contributed by atoms with Crippen molar-refractivity contribution in [3.63, 3.8) is 0 Å². The number of aliphatic hydroxyl groups excluding tert-OH is 1. The van der Waals surface area contributed by atoms with Crippen LogP contribution in [0.4, 0.5) is 0 Å². The quantitative estimate of drug-likeness (QED) is 0.551. The molecule has 0 aromatic rings. The van der Waals surface area contributed by atoms with Crippen molar-refractivity contribution in [2.24, 2.45) is 0 Å². The van der Waals surface area contributed by atoms with Crippen LogP contribution in [0.25, 0.3) is 0 Å². The van der Waals surface area contributed by atoms with E-state index in [1.807, 2.05) is 0 Å². The van der Waals surface area contributed by atoms with Gasteiger partial charge in [-0.1, -0.05) is 0 Å². The third-order valence-electron chi connectivity index (χ3n) is 1.47. The summed E-state index contributed by atoms with van der Waals surface area (Å²) in [6, 6.07) is 0. The van der Waals surface area contributed by atoms with Gasteiger partial charge in [0.1, 0.15) is 0 Å². The highest BCUT2D eigenvalue weighted by Crippen LogP contribution is 2.12. The summed E-state index contributed by atoms with van der Waals surface area (Å²) < 4.78 is 9.97. The zero-order valence-corrected chi connectivity index (χ0v) is 5.54. The third-order valence-corrected chi connectivity index (χ3v) is 1.47. The van der Waals surface area contributed by atoms with Gasteiger partial charge in [-0.05, 0) is 6.42 Å². The summed E-state index contributed by atoms with van der Waals surface area (Å²) in [7, 11) is 1.61. The first-order valence-corrected chi connectivity index (χ1v) is 3.15. The van der Waals surface area contributed by atoms with Crippen molar-refractivity contribution in [3.05, 3.63) is 0 Å². The van der Waals surface area contributed by atoms with E-state index >= 15 is 0 Å². The van der Waals surface area contributed by atoms with Gasteiger partial charge in [-0.15, -0.1) is 0 Å². The Labute approximate surface area is 54.6 Å². The molecule has 54 valence electrons. The van der Waals surface area contributed by atoms with Crippen molar-refractivity contribution in [3.8, 4) is 0 Å². The van der Waals surface area contributed by atoms with E-state index in [0.29, 0.717) is 6.61 Å². The van der Waals surface area contributed by atoms with Crippen LogP contribution in [0.3, 0.4) is 0 Å². The zero-order chi connectivity index (χ0) is 6.69. The van der Waals surface area contributed by atoms with Crippen molar-refractivity contribution < 1.29 is 14.6 Å². The van der Waals surface area contributed by atoms with Crippen LogP contribution in [-0.4, -0.2) is 31.2 Å². The molecule has 1 fully saturated rings. The Bertz CT molecular complexity index is 76.4. The van der Waals surface area contributed by atoms with Crippen molar-refractivity contribution in [2.45, 2.75) is 25.2 Å². The fourth-order valence-corrected chi connectivity index (χ4v) is 0.899. The van der Waals surface area contributed by atoms with Crippen molar-refractivity contribution >= 4 is 0 Å². The number of hydrogen-bond donors (Lipinski definition) is 1. The monoisotopic (exact) mass is 132 g/mol. The Kier molecular flexibility index (Phi) is 2.45. The summed E-state index contributed by atoms with van der Waals surface area (Å²) in [6.07, 6.45) is 1.22. The molecule has 0 aromatic carbocycles. The van der Waals surface area contributed by atoms with Gasteiger partial charge in [0.25, 0.3) is 0 Å². The third kappa shape index (κ3) is 1.93. The minimum atomic E-state index is -0.281. The molecule has 2 atom stereocenters. The molecule has 0 bridgehead atoms. The second kappa shape index (κ2) is 3.15. The largest absolute Gasteiger partial charge is 0.391 e. The smallest absolute Gasteiger partial charge is 0.157 e. The molecule has 3 heteroatoms. The van der Waals surface area contributed by atoms with Gasteiger partial charge in [0.2, 0.25) is 0 Å². The fourth-order valence-electron chi connectivity index (χ4n) is 0.899. The molecule has 1 unspecified atom stereocenters. The minimum absolute atomic E-state index is 0.0894. The molecular weight excluding hydrogens is 120 g/mol. The molecule has 3 nitrogen and oxygen atoms in total. The Morgan fingerprint density at radius 2 is 2.33 bits per heavy atom. The SMILES string of the molecule is COC1CC[C@@H](O)CO1. The van der Waals surface area contributed by atoms with Gasteiger partial charge in [-0.25, -0.2) is 0 Å². The lowest BCUT2D eigenvalue weighted by molar-refractivity contribution is -0.172. The van der Waals surface area contributed by atoms with Gasteiger partial charge < -0.3 is 14.6 Å². The lowest BCUT2D eigenvalue weighted by Gasteiger charge is -2.24. The average molecular weight is 132 g/mol. The standard InChI is InChI=1S/C6H12O3/c1-8-6-3-2-5(7)4-9-6/h5-7H,2-4H2,1H3/t5-,6?/m1/s1. The molecule has 0 saturated carbocycles. The van der Waals surface area contributed by atoms with E-state index in [2.05, 4.69) is 0 Å². The summed E-state index contributed by atoms with van der Waals surface area (Å²) in [5.41, 5.74) is 0. The maximum Gasteiger partial charge on any atom is 0.157 e. The summed E-state index contributed by atoms with van der Waals surface area (Å²) in [6.45, 7) is 0.415. The van der Waals surface area contributed by atoms with Crippen LogP contribution < -0.4 is 0 Å². The first-order chi connectivity index (χ1) is 4.33. The first kappa shape index (κ1) is 6.99. The van der Waals surface area contributed by atoms with E-state index in [4.69, 9.17) is 14.6 Å². The predicted octanol–water partition coefficient (Wildman–Crippen LogP) is 0.130. The van der Waals surface area contributed by atoms with Crippen LogP contribution in [0.15, 0.2) is 0 Å². The van der Waals surface area contributed by atoms with Crippen molar-refractivity contribution in [2.75, 3.05) is 13.7 Å². The van der Waals surface area contributed by atoms with E-state index in [9.17, 15) is 0 Å². The van der Waals surface area contributed by atoms with Crippen LogP contribution in [0.1, 0.15) is 12.8 Å². The van der Waals surface area contributed by atoms with Crippen LogP contribution in [0, 0.1) is 0 Å². The maximum absolute atomic E-state index is 8.94. The maximum atomic E-state index is 8.94. The second-order valence-corrected chi connectivity index (χ2v) is 2.23. The van der Waals surface area contributed by atoms with Gasteiger partial charge in [0, 0.05) is 13.5 Å². The fraction of sp³-hybridized carbons (Fsp3) is 1.00. The molecule has 0 amide bonds. The molecule has 1 rings (SSSR count). The lowest BCUT2D eigenvalue weighted by atomic mass is 10.1. The molecule has 1 aliphatic heterocycles. The molecular formula is C6H12O3. The highest BCUT2D eigenvalue weighted by Gasteiger charge is 2.18. The molecule has 1 aliphatic rings. The Morgan fingerprint density at radius 1 is 1.56 bits per heavy atom. The zero-order valence-electron chi connectivity index (χ0n) is 5.54. The Hall–Kier alpha value is -0.120. The molecule has 1 saturated heterocycles. The molecule has 0 spiro atoms. The van der Waals surface area contributed by atoms with Crippen LogP contribution in [-0.2, 0) is 9.47 Å². The van der Waals surface area contributed by atoms with E-state index in [0.717, 1.165) is 12.8 Å². The summed E-state index contributed by atoms with van der Waals surface area (Å²) >= 11 is 0. The number of methoxy groups -OCH3 is 1. The molecule has 0 radical (unpaired) electrons. The summed E-state index contributed by atoms with van der Waals surface area (Å²) in [4.78, 5) is 0. The van der Waals surface area contributed by atoms with Gasteiger partial charge in [0.15, 0.2) is 6.29 Å². The Morgan fingerprint density at radius 3 is 2.78 bits per heavy atom.